The summed E-state index contributed by atoms with van der Waals surface area (Å²) in [6.45, 7) is 2.41. The minimum Gasteiger partial charge on any atom is -0.325 e. The Morgan fingerprint density at radius 1 is 1.18 bits per heavy atom. The van der Waals surface area contributed by atoms with Crippen LogP contribution in [0, 0.1) is 0 Å². The minimum atomic E-state index is -3.64. The fraction of sp³-hybridized carbons (Fsp3) is 0.261. The number of fused-ring (bicyclic) bond motifs is 3. The second-order valence-corrected chi connectivity index (χ2v) is 10.6. The summed E-state index contributed by atoms with van der Waals surface area (Å²) in [7, 11) is 0.135. The summed E-state index contributed by atoms with van der Waals surface area (Å²) in [5.41, 5.74) is 3.28. The number of aromatic nitrogens is 2. The van der Waals surface area contributed by atoms with Crippen molar-refractivity contribution in [3.8, 4) is 11.3 Å². The molecule has 178 valence electrons. The highest BCUT2D eigenvalue weighted by atomic mass is 35.5. The van der Waals surface area contributed by atoms with Crippen LogP contribution in [0.5, 0.6) is 0 Å². The van der Waals surface area contributed by atoms with Gasteiger partial charge in [-0.05, 0) is 63.5 Å². The highest BCUT2D eigenvalue weighted by molar-refractivity contribution is 7.89. The van der Waals surface area contributed by atoms with Gasteiger partial charge in [0.25, 0.3) is 0 Å². The molecule has 9 nitrogen and oxygen atoms in total. The van der Waals surface area contributed by atoms with Crippen LogP contribution in [-0.2, 0) is 21.2 Å². The normalized spacial score (nSPS) is 14.1. The number of hydrogen-bond donors (Lipinski definition) is 3. The van der Waals surface area contributed by atoms with Gasteiger partial charge < -0.3 is 15.5 Å². The molecule has 0 saturated carbocycles. The average molecular weight is 501 g/mol. The van der Waals surface area contributed by atoms with Crippen molar-refractivity contribution in [3.05, 3.63) is 59.2 Å². The van der Waals surface area contributed by atoms with E-state index < -0.39 is 10.0 Å². The van der Waals surface area contributed by atoms with E-state index in [1.165, 1.54) is 12.1 Å². The van der Waals surface area contributed by atoms with Gasteiger partial charge in [0.1, 0.15) is 0 Å². The molecular formula is C23H25ClN6O3S. The Morgan fingerprint density at radius 2 is 1.91 bits per heavy atom. The Labute approximate surface area is 203 Å². The Bertz CT molecular complexity index is 1330. The van der Waals surface area contributed by atoms with Crippen molar-refractivity contribution in [2.24, 2.45) is 0 Å². The molecule has 0 spiro atoms. The maximum Gasteiger partial charge on any atom is 0.240 e. The summed E-state index contributed by atoms with van der Waals surface area (Å²) in [5.74, 6) is 0.152. The Morgan fingerprint density at radius 3 is 2.62 bits per heavy atom. The number of amides is 1. The zero-order chi connectivity index (χ0) is 24.5. The van der Waals surface area contributed by atoms with E-state index in [1.54, 1.807) is 30.5 Å². The largest absolute Gasteiger partial charge is 0.325 e. The average Bonchev–Trinajstić information content (AvgIpc) is 2.87. The van der Waals surface area contributed by atoms with Gasteiger partial charge in [0, 0.05) is 40.6 Å². The molecule has 0 saturated heterocycles. The number of rotatable bonds is 7. The number of nitrogens with one attached hydrogen (secondary N) is 3. The number of likely N-dealkylation sites (N-methyl/N-ethyl adjacent to an activating group) is 1. The maximum absolute atomic E-state index is 12.6. The molecule has 1 aromatic heterocycles. The summed E-state index contributed by atoms with van der Waals surface area (Å²) in [5, 5.41) is 6.45. The third-order valence-corrected chi connectivity index (χ3v) is 6.98. The molecule has 3 N–H and O–H groups in total. The predicted octanol–water partition coefficient (Wildman–Crippen LogP) is 3.26. The van der Waals surface area contributed by atoms with Crippen LogP contribution < -0.4 is 15.4 Å². The van der Waals surface area contributed by atoms with Gasteiger partial charge in [-0.25, -0.2) is 23.1 Å². The summed E-state index contributed by atoms with van der Waals surface area (Å²) in [6, 6.07) is 11.4. The lowest BCUT2D eigenvalue weighted by atomic mass is 10.1. The van der Waals surface area contributed by atoms with Gasteiger partial charge in [0.05, 0.1) is 22.7 Å². The van der Waals surface area contributed by atoms with E-state index in [0.29, 0.717) is 40.1 Å². The fourth-order valence-electron chi connectivity index (χ4n) is 3.79. The van der Waals surface area contributed by atoms with Gasteiger partial charge >= 0.3 is 0 Å². The number of benzene rings is 2. The first-order valence-corrected chi connectivity index (χ1v) is 12.5. The lowest BCUT2D eigenvalue weighted by molar-refractivity contribution is -0.115. The number of anilines is 3. The highest BCUT2D eigenvalue weighted by Crippen LogP contribution is 2.34. The van der Waals surface area contributed by atoms with Gasteiger partial charge in [-0.15, -0.1) is 0 Å². The molecule has 1 aliphatic rings. The molecule has 11 heteroatoms. The SMILES string of the molecule is CC(CN(C)C)NS(=O)(=O)c1ccc(Nc2ncc3c(n2)-c2ccc(Cl)cc2NC(=O)C3)cc1. The molecule has 34 heavy (non-hydrogen) atoms. The fourth-order valence-corrected chi connectivity index (χ4v) is 5.19. The van der Waals surface area contributed by atoms with Crippen molar-refractivity contribution >= 4 is 44.9 Å². The molecule has 0 bridgehead atoms. The van der Waals surface area contributed by atoms with E-state index in [2.05, 4.69) is 25.3 Å². The van der Waals surface area contributed by atoms with E-state index in [-0.39, 0.29) is 23.3 Å². The molecule has 3 aromatic rings. The molecule has 0 aliphatic carbocycles. The van der Waals surface area contributed by atoms with Crippen molar-refractivity contribution in [3.63, 3.8) is 0 Å². The molecule has 1 amide bonds. The van der Waals surface area contributed by atoms with Crippen molar-refractivity contribution in [1.29, 1.82) is 0 Å². The Kier molecular flexibility index (Phi) is 6.85. The van der Waals surface area contributed by atoms with Crippen LogP contribution in [0.25, 0.3) is 11.3 Å². The first-order chi connectivity index (χ1) is 16.1. The zero-order valence-electron chi connectivity index (χ0n) is 19.0. The van der Waals surface area contributed by atoms with Crippen molar-refractivity contribution < 1.29 is 13.2 Å². The number of carbonyl (C=O) groups is 1. The number of sulfonamides is 1. The number of carbonyl (C=O) groups excluding carboxylic acids is 1. The van der Waals surface area contributed by atoms with Crippen LogP contribution >= 0.6 is 11.6 Å². The van der Waals surface area contributed by atoms with Crippen LogP contribution in [0.1, 0.15) is 12.5 Å². The number of hydrogen-bond acceptors (Lipinski definition) is 7. The van der Waals surface area contributed by atoms with Crippen molar-refractivity contribution in [1.82, 2.24) is 19.6 Å². The van der Waals surface area contributed by atoms with Gasteiger partial charge in [-0.2, -0.15) is 0 Å². The summed E-state index contributed by atoms with van der Waals surface area (Å²) < 4.78 is 27.9. The van der Waals surface area contributed by atoms with Gasteiger partial charge in [-0.1, -0.05) is 11.6 Å². The van der Waals surface area contributed by atoms with E-state index in [4.69, 9.17) is 11.6 Å². The zero-order valence-corrected chi connectivity index (χ0v) is 20.5. The molecule has 1 atom stereocenters. The lowest BCUT2D eigenvalue weighted by Gasteiger charge is -2.18. The summed E-state index contributed by atoms with van der Waals surface area (Å²) >= 11 is 6.09. The molecule has 2 heterocycles. The van der Waals surface area contributed by atoms with Gasteiger partial charge in [0.15, 0.2) is 0 Å². The second kappa shape index (κ2) is 9.67. The topological polar surface area (TPSA) is 116 Å². The van der Waals surface area contributed by atoms with Crippen LogP contribution in [0.3, 0.4) is 0 Å². The van der Waals surface area contributed by atoms with E-state index in [1.807, 2.05) is 32.0 Å². The summed E-state index contributed by atoms with van der Waals surface area (Å²) in [6.07, 6.45) is 1.76. The van der Waals surface area contributed by atoms with Crippen LogP contribution in [-0.4, -0.2) is 55.9 Å². The first-order valence-electron chi connectivity index (χ1n) is 10.6. The molecule has 2 aromatic carbocycles. The third-order valence-electron chi connectivity index (χ3n) is 5.14. The first kappa shape index (κ1) is 24.1. The van der Waals surface area contributed by atoms with Gasteiger partial charge in [-0.3, -0.25) is 4.79 Å². The highest BCUT2D eigenvalue weighted by Gasteiger charge is 2.22. The van der Waals surface area contributed by atoms with Crippen LogP contribution in [0.2, 0.25) is 5.02 Å². The van der Waals surface area contributed by atoms with E-state index in [0.717, 1.165) is 5.56 Å². The quantitative estimate of drug-likeness (QED) is 0.456. The van der Waals surface area contributed by atoms with Crippen LogP contribution in [0.4, 0.5) is 17.3 Å². The Balaban J connectivity index is 1.56. The second-order valence-electron chi connectivity index (χ2n) is 8.42. The predicted molar refractivity (Wildman–Crippen MR) is 133 cm³/mol. The molecule has 4 rings (SSSR count). The molecule has 1 aliphatic heterocycles. The van der Waals surface area contributed by atoms with Crippen LogP contribution in [0.15, 0.2) is 53.6 Å². The smallest absolute Gasteiger partial charge is 0.240 e. The molecule has 0 fully saturated rings. The Hall–Kier alpha value is -3.05. The van der Waals surface area contributed by atoms with Crippen molar-refractivity contribution in [2.75, 3.05) is 31.3 Å². The maximum atomic E-state index is 12.6. The monoisotopic (exact) mass is 500 g/mol. The third kappa shape index (κ3) is 5.53. The van der Waals surface area contributed by atoms with E-state index in [9.17, 15) is 13.2 Å². The lowest BCUT2D eigenvalue weighted by Crippen LogP contribution is -2.39. The van der Waals surface area contributed by atoms with E-state index >= 15 is 0 Å². The number of nitrogens with zero attached hydrogens (tertiary/aromatic N) is 3. The number of halogens is 1. The summed E-state index contributed by atoms with van der Waals surface area (Å²) in [4.78, 5) is 23.3. The van der Waals surface area contributed by atoms with Crippen molar-refractivity contribution in [2.45, 2.75) is 24.3 Å². The van der Waals surface area contributed by atoms with Gasteiger partial charge in [0.2, 0.25) is 21.9 Å². The molecule has 0 radical (unpaired) electrons. The molecule has 1 unspecified atom stereocenters. The molecular weight excluding hydrogens is 476 g/mol. The minimum absolute atomic E-state index is 0.147. The standard InChI is InChI=1S/C23H25ClN6O3S/c1-14(13-30(2)3)29-34(32,33)18-7-5-17(6-8-18)26-23-25-12-15-10-21(31)27-20-11-16(24)4-9-19(20)22(15)28-23/h4-9,11-12,14,29H,10,13H2,1-3H3,(H,27,31)(H,25,26,28).